The normalized spacial score (nSPS) is 14.7. The van der Waals surface area contributed by atoms with Crippen molar-refractivity contribution in [1.29, 1.82) is 0 Å². The minimum Gasteiger partial charge on any atom is -0.394 e. The zero-order valence-electron chi connectivity index (χ0n) is 15.6. The molecule has 3 aromatic carbocycles. The van der Waals surface area contributed by atoms with Crippen LogP contribution in [-0.2, 0) is 6.54 Å². The van der Waals surface area contributed by atoms with E-state index in [9.17, 15) is 10.2 Å². The second-order valence-corrected chi connectivity index (χ2v) is 6.85. The molecule has 0 heterocycles. The van der Waals surface area contributed by atoms with E-state index in [0.29, 0.717) is 6.54 Å². The molecule has 3 heteroatoms. The lowest BCUT2D eigenvalue weighted by Crippen LogP contribution is -2.39. The fraction of sp³-hybridized carbons (Fsp3) is 0.250. The monoisotopic (exact) mass is 361 g/mol. The Labute approximate surface area is 161 Å². The predicted octanol–water partition coefficient (Wildman–Crippen LogP) is 4.34. The van der Waals surface area contributed by atoms with Crippen LogP contribution in [0.25, 0.3) is 0 Å². The van der Waals surface area contributed by atoms with Crippen molar-refractivity contribution in [2.24, 2.45) is 0 Å². The second kappa shape index (κ2) is 9.47. The average molecular weight is 361 g/mol. The first-order valence-electron chi connectivity index (χ1n) is 9.39. The molecule has 0 aliphatic carbocycles. The summed E-state index contributed by atoms with van der Waals surface area (Å²) in [6.07, 6.45) is -0.873. The molecule has 2 N–H and O–H groups in total. The van der Waals surface area contributed by atoms with Crippen LogP contribution in [0.2, 0.25) is 0 Å². The number of hydrogen-bond acceptors (Lipinski definition) is 3. The molecule has 140 valence electrons. The van der Waals surface area contributed by atoms with E-state index in [1.165, 1.54) is 11.1 Å². The fourth-order valence-corrected chi connectivity index (χ4v) is 3.58. The molecule has 0 aliphatic heterocycles. The number of aliphatic hydroxyl groups is 2. The van der Waals surface area contributed by atoms with Crippen molar-refractivity contribution in [2.75, 3.05) is 6.61 Å². The molecular weight excluding hydrogens is 334 g/mol. The summed E-state index contributed by atoms with van der Waals surface area (Å²) < 4.78 is 0. The van der Waals surface area contributed by atoms with Gasteiger partial charge >= 0.3 is 0 Å². The minimum atomic E-state index is -0.873. The predicted molar refractivity (Wildman–Crippen MR) is 109 cm³/mol. The first kappa shape index (κ1) is 19.3. The van der Waals surface area contributed by atoms with Crippen LogP contribution in [0.4, 0.5) is 0 Å². The molecule has 0 amide bonds. The zero-order chi connectivity index (χ0) is 19.1. The van der Waals surface area contributed by atoms with Crippen molar-refractivity contribution in [3.05, 3.63) is 108 Å². The van der Waals surface area contributed by atoms with E-state index in [4.69, 9.17) is 0 Å². The van der Waals surface area contributed by atoms with Crippen LogP contribution >= 0.6 is 0 Å². The van der Waals surface area contributed by atoms with E-state index < -0.39 is 6.10 Å². The van der Waals surface area contributed by atoms with Gasteiger partial charge in [-0.25, -0.2) is 0 Å². The maximum absolute atomic E-state index is 10.7. The Kier molecular flexibility index (Phi) is 6.77. The van der Waals surface area contributed by atoms with Gasteiger partial charge in [-0.2, -0.15) is 0 Å². The number of hydrogen-bond donors (Lipinski definition) is 2. The van der Waals surface area contributed by atoms with Crippen LogP contribution in [0.15, 0.2) is 91.0 Å². The summed E-state index contributed by atoms with van der Waals surface area (Å²) in [6.45, 7) is 2.54. The second-order valence-electron chi connectivity index (χ2n) is 6.85. The van der Waals surface area contributed by atoms with E-state index in [2.05, 4.69) is 36.1 Å². The number of aliphatic hydroxyl groups excluding tert-OH is 2. The number of nitrogens with zero attached hydrogens (tertiary/aromatic N) is 1. The van der Waals surface area contributed by atoms with Crippen molar-refractivity contribution in [1.82, 2.24) is 4.90 Å². The lowest BCUT2D eigenvalue weighted by Gasteiger charge is -2.39. The third-order valence-corrected chi connectivity index (χ3v) is 5.04. The lowest BCUT2D eigenvalue weighted by molar-refractivity contribution is -0.0103. The van der Waals surface area contributed by atoms with Gasteiger partial charge in [0.05, 0.1) is 18.8 Å². The molecule has 27 heavy (non-hydrogen) atoms. The van der Waals surface area contributed by atoms with Gasteiger partial charge in [0.25, 0.3) is 0 Å². The van der Waals surface area contributed by atoms with Gasteiger partial charge in [-0.15, -0.1) is 0 Å². The number of benzene rings is 3. The molecule has 3 aromatic rings. The van der Waals surface area contributed by atoms with Gasteiger partial charge < -0.3 is 10.2 Å². The Hall–Kier alpha value is -2.46. The highest BCUT2D eigenvalue weighted by Gasteiger charge is 2.31. The summed E-state index contributed by atoms with van der Waals surface area (Å²) in [6, 6.07) is 30.2. The van der Waals surface area contributed by atoms with Crippen molar-refractivity contribution in [2.45, 2.75) is 31.7 Å². The molecule has 0 radical (unpaired) electrons. The molecule has 0 aliphatic rings. The van der Waals surface area contributed by atoms with Crippen LogP contribution in [0.3, 0.4) is 0 Å². The van der Waals surface area contributed by atoms with Crippen molar-refractivity contribution >= 4 is 0 Å². The summed E-state index contributed by atoms with van der Waals surface area (Å²) in [4.78, 5) is 2.26. The highest BCUT2D eigenvalue weighted by atomic mass is 16.3. The average Bonchev–Trinajstić information content (AvgIpc) is 2.74. The van der Waals surface area contributed by atoms with Gasteiger partial charge in [0.15, 0.2) is 0 Å². The first-order valence-corrected chi connectivity index (χ1v) is 9.39. The molecule has 0 aromatic heterocycles. The summed E-state index contributed by atoms with van der Waals surface area (Å²) >= 11 is 0. The quantitative estimate of drug-likeness (QED) is 0.627. The fourth-order valence-electron chi connectivity index (χ4n) is 3.58. The Morgan fingerprint density at radius 2 is 1.22 bits per heavy atom. The topological polar surface area (TPSA) is 43.7 Å². The molecule has 0 unspecified atom stereocenters. The van der Waals surface area contributed by atoms with E-state index in [1.807, 2.05) is 66.7 Å². The van der Waals surface area contributed by atoms with Gasteiger partial charge in [0, 0.05) is 12.6 Å². The zero-order valence-corrected chi connectivity index (χ0v) is 15.6. The van der Waals surface area contributed by atoms with Crippen LogP contribution < -0.4 is 0 Å². The van der Waals surface area contributed by atoms with Crippen LogP contribution in [0.5, 0.6) is 0 Å². The molecule has 0 bridgehead atoms. The van der Waals surface area contributed by atoms with Crippen molar-refractivity contribution < 1.29 is 10.2 Å². The molecule has 3 nitrogen and oxygen atoms in total. The highest BCUT2D eigenvalue weighted by Crippen LogP contribution is 2.34. The van der Waals surface area contributed by atoms with E-state index >= 15 is 0 Å². The Balaban J connectivity index is 2.02. The molecule has 0 spiro atoms. The summed E-state index contributed by atoms with van der Waals surface area (Å²) in [5.41, 5.74) is 3.35. The summed E-state index contributed by atoms with van der Waals surface area (Å²) in [5.74, 6) is 0. The standard InChI is InChI=1S/C24H27NO2/c1-19(21-13-7-3-8-14-21)25(17-20-11-5-2-6-12-20)24(23(27)18-26)22-15-9-4-10-16-22/h2-16,19,23-24,26-27H,17-18H2,1H3/t19-,23+,24-/m1/s1. The van der Waals surface area contributed by atoms with Gasteiger partial charge in [-0.05, 0) is 23.6 Å². The molecule has 0 fully saturated rings. The Bertz CT molecular complexity index is 792. The minimum absolute atomic E-state index is 0.0674. The van der Waals surface area contributed by atoms with Gasteiger partial charge in [-0.1, -0.05) is 91.0 Å². The third kappa shape index (κ3) is 4.83. The molecule has 0 saturated carbocycles. The van der Waals surface area contributed by atoms with Gasteiger partial charge in [-0.3, -0.25) is 4.90 Å². The van der Waals surface area contributed by atoms with E-state index in [1.54, 1.807) is 0 Å². The van der Waals surface area contributed by atoms with Gasteiger partial charge in [0.1, 0.15) is 0 Å². The van der Waals surface area contributed by atoms with E-state index in [-0.39, 0.29) is 18.7 Å². The maximum Gasteiger partial charge on any atom is 0.0967 e. The van der Waals surface area contributed by atoms with Crippen LogP contribution in [-0.4, -0.2) is 27.8 Å². The van der Waals surface area contributed by atoms with Crippen molar-refractivity contribution in [3.63, 3.8) is 0 Å². The SMILES string of the molecule is C[C@H](c1ccccc1)N(Cc1ccccc1)[C@H](c1ccccc1)[C@@H](O)CO. The maximum atomic E-state index is 10.7. The van der Waals surface area contributed by atoms with Gasteiger partial charge in [0.2, 0.25) is 0 Å². The highest BCUT2D eigenvalue weighted by molar-refractivity contribution is 5.25. The number of rotatable bonds is 8. The van der Waals surface area contributed by atoms with E-state index in [0.717, 1.165) is 5.56 Å². The Morgan fingerprint density at radius 3 is 1.74 bits per heavy atom. The lowest BCUT2D eigenvalue weighted by atomic mass is 9.95. The third-order valence-electron chi connectivity index (χ3n) is 5.04. The van der Waals surface area contributed by atoms with Crippen LogP contribution in [0, 0.1) is 0 Å². The van der Waals surface area contributed by atoms with Crippen LogP contribution in [0.1, 0.15) is 35.7 Å². The Morgan fingerprint density at radius 1 is 0.741 bits per heavy atom. The molecular formula is C24H27NO2. The summed E-state index contributed by atoms with van der Waals surface area (Å²) in [7, 11) is 0. The molecule has 3 atom stereocenters. The molecule has 0 saturated heterocycles. The smallest absolute Gasteiger partial charge is 0.0967 e. The molecule has 3 rings (SSSR count). The largest absolute Gasteiger partial charge is 0.394 e. The van der Waals surface area contributed by atoms with Crippen molar-refractivity contribution in [3.8, 4) is 0 Å². The first-order chi connectivity index (χ1) is 13.2. The summed E-state index contributed by atoms with van der Waals surface area (Å²) in [5, 5.41) is 20.5.